The number of hydrogen-bond donors (Lipinski definition) is 0. The topological polar surface area (TPSA) is 95.5 Å². The van der Waals surface area contributed by atoms with Gasteiger partial charge in [0.05, 0.1) is 47.1 Å². The summed E-state index contributed by atoms with van der Waals surface area (Å²) < 4.78 is 25.3. The van der Waals surface area contributed by atoms with Crippen LogP contribution in [0.5, 0.6) is 11.5 Å². The third-order valence-electron chi connectivity index (χ3n) is 6.84. The Hall–Kier alpha value is -3.31. The van der Waals surface area contributed by atoms with Gasteiger partial charge in [-0.05, 0) is 66.7 Å². The number of allylic oxidation sites excluding steroid dienone is 1. The van der Waals surface area contributed by atoms with Crippen LogP contribution in [0.1, 0.15) is 50.5 Å². The van der Waals surface area contributed by atoms with E-state index >= 15 is 0 Å². The lowest BCUT2D eigenvalue weighted by molar-refractivity contribution is -0.139. The molecular formula is C28H30BrN3O6S. The number of fused-ring (bicyclic) bond motifs is 1. The Labute approximate surface area is 238 Å². The number of ether oxygens (including phenoxy) is 3. The second-order valence-corrected chi connectivity index (χ2v) is 11.1. The molecule has 9 nitrogen and oxygen atoms in total. The predicted octanol–water partition coefficient (Wildman–Crippen LogP) is 4.16. The number of rotatable bonds is 7. The number of aromatic nitrogens is 1. The molecule has 39 heavy (non-hydrogen) atoms. The second kappa shape index (κ2) is 11.4. The largest absolute Gasteiger partial charge is 0.493 e. The number of methoxy groups -OCH3 is 2. The van der Waals surface area contributed by atoms with Crippen molar-refractivity contribution in [2.24, 2.45) is 4.99 Å². The van der Waals surface area contributed by atoms with Crippen LogP contribution in [-0.2, 0) is 9.53 Å². The number of thiazole rings is 1. The van der Waals surface area contributed by atoms with Crippen LogP contribution in [0.4, 0.5) is 5.88 Å². The Morgan fingerprint density at radius 2 is 1.92 bits per heavy atom. The van der Waals surface area contributed by atoms with E-state index in [9.17, 15) is 9.59 Å². The third kappa shape index (κ3) is 5.17. The molecule has 206 valence electrons. The van der Waals surface area contributed by atoms with Crippen LogP contribution >= 0.6 is 27.3 Å². The molecule has 0 bridgehead atoms. The summed E-state index contributed by atoms with van der Waals surface area (Å²) in [5, 5.41) is 0. The van der Waals surface area contributed by atoms with Gasteiger partial charge in [0.1, 0.15) is 5.76 Å². The number of anilines is 1. The number of halogens is 1. The van der Waals surface area contributed by atoms with E-state index in [1.807, 2.05) is 12.1 Å². The van der Waals surface area contributed by atoms with Gasteiger partial charge >= 0.3 is 5.97 Å². The quantitative estimate of drug-likeness (QED) is 0.368. The highest BCUT2D eigenvalue weighted by Gasteiger charge is 2.34. The van der Waals surface area contributed by atoms with Crippen molar-refractivity contribution >= 4 is 45.2 Å². The second-order valence-electron chi connectivity index (χ2n) is 9.27. The molecule has 1 saturated heterocycles. The minimum Gasteiger partial charge on any atom is -0.493 e. The molecule has 0 amide bonds. The Morgan fingerprint density at radius 1 is 1.18 bits per heavy atom. The van der Waals surface area contributed by atoms with E-state index in [-0.39, 0.29) is 12.2 Å². The minimum atomic E-state index is -0.755. The Kier molecular flexibility index (Phi) is 7.99. The van der Waals surface area contributed by atoms with Gasteiger partial charge in [0.25, 0.3) is 5.56 Å². The molecule has 1 fully saturated rings. The van der Waals surface area contributed by atoms with Gasteiger partial charge in [-0.15, -0.1) is 0 Å². The third-order valence-corrected chi connectivity index (χ3v) is 8.40. The average molecular weight is 617 g/mol. The molecule has 4 heterocycles. The highest BCUT2D eigenvalue weighted by Crippen LogP contribution is 2.36. The van der Waals surface area contributed by atoms with Gasteiger partial charge in [-0.1, -0.05) is 17.4 Å². The number of benzene rings is 1. The summed E-state index contributed by atoms with van der Waals surface area (Å²) in [5.74, 6) is 1.85. The van der Waals surface area contributed by atoms with Crippen LogP contribution in [0, 0.1) is 0 Å². The SMILES string of the molecule is CCOC(=O)C1=C(C)N=c2s/c(=C/c3cc(Br)c(N4CCCCC4)o3)c(=O)n2[C@@H]1c1ccc(OC)c(OC)c1. The summed E-state index contributed by atoms with van der Waals surface area (Å²) in [6, 6.07) is 6.46. The number of nitrogens with zero attached hydrogens (tertiary/aromatic N) is 3. The molecule has 0 saturated carbocycles. The molecule has 2 aliphatic rings. The van der Waals surface area contributed by atoms with Crippen LogP contribution in [0.15, 0.2) is 54.2 Å². The molecule has 2 aliphatic heterocycles. The number of furan rings is 1. The number of esters is 1. The summed E-state index contributed by atoms with van der Waals surface area (Å²) in [7, 11) is 3.10. The molecule has 1 aromatic carbocycles. The lowest BCUT2D eigenvalue weighted by atomic mass is 9.95. The van der Waals surface area contributed by atoms with Crippen LogP contribution in [0.2, 0.25) is 0 Å². The molecule has 0 radical (unpaired) electrons. The van der Waals surface area contributed by atoms with Gasteiger partial charge in [-0.3, -0.25) is 9.36 Å². The molecule has 3 aromatic rings. The van der Waals surface area contributed by atoms with E-state index in [2.05, 4.69) is 25.8 Å². The Morgan fingerprint density at radius 3 is 2.62 bits per heavy atom. The first-order valence-corrected chi connectivity index (χ1v) is 14.4. The van der Waals surface area contributed by atoms with E-state index in [0.29, 0.717) is 43.4 Å². The fourth-order valence-corrected chi connectivity index (χ4v) is 6.60. The van der Waals surface area contributed by atoms with E-state index in [0.717, 1.165) is 36.3 Å². The molecular weight excluding hydrogens is 586 g/mol. The summed E-state index contributed by atoms with van der Waals surface area (Å²) in [4.78, 5) is 34.4. The first kappa shape index (κ1) is 27.3. The Balaban J connectivity index is 1.65. The van der Waals surface area contributed by atoms with Crippen molar-refractivity contribution in [2.75, 3.05) is 38.8 Å². The standard InChI is InChI=1S/C28H30BrN3O6S/c1-5-37-27(34)23-16(2)30-28-32(24(23)17-9-10-20(35-3)21(13-17)36-4)25(33)22(39-28)15-18-14-19(29)26(38-18)31-11-7-6-8-12-31/h9-10,13-15,24H,5-8,11-12H2,1-4H3/b22-15+/t24-/m1/s1. The van der Waals surface area contributed by atoms with Crippen molar-refractivity contribution in [3.8, 4) is 11.5 Å². The predicted molar refractivity (Wildman–Crippen MR) is 152 cm³/mol. The van der Waals surface area contributed by atoms with E-state index in [4.69, 9.17) is 18.6 Å². The van der Waals surface area contributed by atoms with Crippen molar-refractivity contribution in [3.05, 3.63) is 71.0 Å². The summed E-state index contributed by atoms with van der Waals surface area (Å²) in [6.07, 6.45) is 5.20. The fourth-order valence-electron chi connectivity index (χ4n) is 5.02. The highest BCUT2D eigenvalue weighted by molar-refractivity contribution is 9.10. The van der Waals surface area contributed by atoms with Gasteiger partial charge in [0.15, 0.2) is 16.3 Å². The number of carbonyl (C=O) groups excluding carboxylic acids is 1. The highest BCUT2D eigenvalue weighted by atomic mass is 79.9. The molecule has 0 aliphatic carbocycles. The lowest BCUT2D eigenvalue weighted by Gasteiger charge is -2.26. The molecule has 0 N–H and O–H groups in total. The monoisotopic (exact) mass is 615 g/mol. The van der Waals surface area contributed by atoms with Gasteiger partial charge in [0, 0.05) is 25.2 Å². The zero-order chi connectivity index (χ0) is 27.7. The van der Waals surface area contributed by atoms with Crippen molar-refractivity contribution < 1.29 is 23.4 Å². The van der Waals surface area contributed by atoms with Crippen molar-refractivity contribution in [2.45, 2.75) is 39.2 Å². The van der Waals surface area contributed by atoms with Crippen molar-refractivity contribution in [3.63, 3.8) is 0 Å². The van der Waals surface area contributed by atoms with Gasteiger partial charge in [-0.25, -0.2) is 9.79 Å². The number of carbonyl (C=O) groups is 1. The smallest absolute Gasteiger partial charge is 0.338 e. The Bertz CT molecular complexity index is 1610. The molecule has 5 rings (SSSR count). The van der Waals surface area contributed by atoms with Crippen molar-refractivity contribution in [1.82, 2.24) is 4.57 Å². The van der Waals surface area contributed by atoms with E-state index in [1.165, 1.54) is 17.8 Å². The first-order chi connectivity index (χ1) is 18.9. The molecule has 11 heteroatoms. The maximum atomic E-state index is 13.9. The van der Waals surface area contributed by atoms with Crippen LogP contribution in [0.25, 0.3) is 6.08 Å². The molecule has 1 atom stereocenters. The summed E-state index contributed by atoms with van der Waals surface area (Å²) in [5.41, 5.74) is 1.19. The summed E-state index contributed by atoms with van der Waals surface area (Å²) in [6.45, 7) is 5.58. The average Bonchev–Trinajstić information content (AvgIpc) is 3.46. The maximum absolute atomic E-state index is 13.9. The fraction of sp³-hybridized carbons (Fsp3) is 0.393. The van der Waals surface area contributed by atoms with Crippen LogP contribution in [0.3, 0.4) is 0 Å². The zero-order valence-corrected chi connectivity index (χ0v) is 24.7. The number of piperidine rings is 1. The zero-order valence-electron chi connectivity index (χ0n) is 22.3. The van der Waals surface area contributed by atoms with Crippen LogP contribution < -0.4 is 29.3 Å². The molecule has 2 aromatic heterocycles. The maximum Gasteiger partial charge on any atom is 0.338 e. The summed E-state index contributed by atoms with van der Waals surface area (Å²) >= 11 is 4.87. The lowest BCUT2D eigenvalue weighted by Crippen LogP contribution is -2.39. The number of hydrogen-bond acceptors (Lipinski definition) is 9. The normalized spacial score (nSPS) is 17.6. The van der Waals surface area contributed by atoms with E-state index < -0.39 is 12.0 Å². The van der Waals surface area contributed by atoms with Gasteiger partial charge < -0.3 is 23.5 Å². The first-order valence-electron chi connectivity index (χ1n) is 12.8. The van der Waals surface area contributed by atoms with Crippen LogP contribution in [-0.4, -0.2) is 44.5 Å². The minimum absolute atomic E-state index is 0.200. The van der Waals surface area contributed by atoms with Gasteiger partial charge in [0.2, 0.25) is 5.88 Å². The molecule has 0 unspecified atom stereocenters. The van der Waals surface area contributed by atoms with Crippen molar-refractivity contribution in [1.29, 1.82) is 0 Å². The van der Waals surface area contributed by atoms with Gasteiger partial charge in [-0.2, -0.15) is 0 Å². The van der Waals surface area contributed by atoms with E-state index in [1.54, 1.807) is 50.8 Å². The molecule has 0 spiro atoms.